The number of nitrogens with one attached hydrogen (secondary N) is 1. The average Bonchev–Trinajstić information content (AvgIpc) is 2.72. The first-order chi connectivity index (χ1) is 8.88. The van der Waals surface area contributed by atoms with Crippen LogP contribution in [0.3, 0.4) is 0 Å². The molecule has 1 N–H and O–H groups in total. The standard InChI is InChI=1S/C14H14F3NO/c1-9-3-4-11(14(15,16)17)7-12(9)18-8-13-10(2)5-6-19-13/h3-7,18H,8H2,1-2H3. The van der Waals surface area contributed by atoms with Crippen molar-refractivity contribution in [1.82, 2.24) is 0 Å². The van der Waals surface area contributed by atoms with E-state index in [-0.39, 0.29) is 0 Å². The fourth-order valence-electron chi connectivity index (χ4n) is 1.75. The summed E-state index contributed by atoms with van der Waals surface area (Å²) in [7, 11) is 0. The summed E-state index contributed by atoms with van der Waals surface area (Å²) >= 11 is 0. The summed E-state index contributed by atoms with van der Waals surface area (Å²) < 4.78 is 43.1. The summed E-state index contributed by atoms with van der Waals surface area (Å²) in [4.78, 5) is 0. The van der Waals surface area contributed by atoms with Gasteiger partial charge in [-0.3, -0.25) is 0 Å². The lowest BCUT2D eigenvalue weighted by molar-refractivity contribution is -0.137. The van der Waals surface area contributed by atoms with Crippen LogP contribution in [0.1, 0.15) is 22.5 Å². The van der Waals surface area contributed by atoms with Gasteiger partial charge in [0.15, 0.2) is 0 Å². The molecule has 2 rings (SSSR count). The van der Waals surface area contributed by atoms with Gasteiger partial charge in [-0.25, -0.2) is 0 Å². The van der Waals surface area contributed by atoms with E-state index in [4.69, 9.17) is 4.42 Å². The van der Waals surface area contributed by atoms with E-state index in [1.165, 1.54) is 6.07 Å². The van der Waals surface area contributed by atoms with Crippen LogP contribution in [0.4, 0.5) is 18.9 Å². The maximum atomic E-state index is 12.6. The number of hydrogen-bond acceptors (Lipinski definition) is 2. The van der Waals surface area contributed by atoms with E-state index in [1.807, 2.05) is 13.0 Å². The molecule has 0 atom stereocenters. The van der Waals surface area contributed by atoms with Gasteiger partial charge < -0.3 is 9.73 Å². The van der Waals surface area contributed by atoms with Crippen LogP contribution in [-0.2, 0) is 12.7 Å². The lowest BCUT2D eigenvalue weighted by Gasteiger charge is -2.13. The zero-order valence-electron chi connectivity index (χ0n) is 10.6. The number of aryl methyl sites for hydroxylation is 2. The van der Waals surface area contributed by atoms with Gasteiger partial charge in [0.1, 0.15) is 5.76 Å². The Morgan fingerprint density at radius 1 is 1.11 bits per heavy atom. The van der Waals surface area contributed by atoms with Crippen molar-refractivity contribution in [3.05, 3.63) is 53.0 Å². The predicted molar refractivity (Wildman–Crippen MR) is 67.0 cm³/mol. The van der Waals surface area contributed by atoms with Crippen molar-refractivity contribution in [1.29, 1.82) is 0 Å². The van der Waals surface area contributed by atoms with Crippen molar-refractivity contribution in [2.24, 2.45) is 0 Å². The number of rotatable bonds is 3. The Balaban J connectivity index is 2.18. The number of benzene rings is 1. The van der Waals surface area contributed by atoms with Gasteiger partial charge in [-0.1, -0.05) is 6.07 Å². The molecule has 102 valence electrons. The van der Waals surface area contributed by atoms with Gasteiger partial charge >= 0.3 is 6.18 Å². The van der Waals surface area contributed by atoms with Crippen molar-refractivity contribution in [2.75, 3.05) is 5.32 Å². The van der Waals surface area contributed by atoms with Crippen molar-refractivity contribution in [3.63, 3.8) is 0 Å². The summed E-state index contributed by atoms with van der Waals surface area (Å²) in [6.07, 6.45) is -2.77. The molecule has 0 radical (unpaired) electrons. The van der Waals surface area contributed by atoms with Gasteiger partial charge in [0.05, 0.1) is 18.4 Å². The summed E-state index contributed by atoms with van der Waals surface area (Å²) in [5, 5.41) is 2.97. The monoisotopic (exact) mass is 269 g/mol. The molecule has 5 heteroatoms. The highest BCUT2D eigenvalue weighted by molar-refractivity contribution is 5.53. The maximum absolute atomic E-state index is 12.6. The first-order valence-electron chi connectivity index (χ1n) is 5.82. The number of anilines is 1. The second-order valence-electron chi connectivity index (χ2n) is 4.41. The smallest absolute Gasteiger partial charge is 0.416 e. The Bertz CT molecular complexity index is 572. The topological polar surface area (TPSA) is 25.2 Å². The Kier molecular flexibility index (Phi) is 3.55. The van der Waals surface area contributed by atoms with Gasteiger partial charge in [-0.05, 0) is 43.2 Å². The molecule has 19 heavy (non-hydrogen) atoms. The highest BCUT2D eigenvalue weighted by Crippen LogP contribution is 2.32. The molecule has 0 bridgehead atoms. The fraction of sp³-hybridized carbons (Fsp3) is 0.286. The van der Waals surface area contributed by atoms with Gasteiger partial charge in [-0.15, -0.1) is 0 Å². The minimum absolute atomic E-state index is 0.362. The number of furan rings is 1. The first-order valence-corrected chi connectivity index (χ1v) is 5.82. The Labute approximate surface area is 109 Å². The maximum Gasteiger partial charge on any atom is 0.416 e. The molecule has 0 saturated heterocycles. The zero-order valence-corrected chi connectivity index (χ0v) is 10.6. The molecule has 2 aromatic rings. The van der Waals surface area contributed by atoms with E-state index in [1.54, 1.807) is 13.2 Å². The zero-order chi connectivity index (χ0) is 14.0. The number of halogens is 3. The van der Waals surface area contributed by atoms with Crippen molar-refractivity contribution in [3.8, 4) is 0 Å². The van der Waals surface area contributed by atoms with E-state index in [0.29, 0.717) is 12.2 Å². The highest BCUT2D eigenvalue weighted by atomic mass is 19.4. The lowest BCUT2D eigenvalue weighted by Crippen LogP contribution is -2.07. The van der Waals surface area contributed by atoms with Crippen LogP contribution in [0.25, 0.3) is 0 Å². The third kappa shape index (κ3) is 3.10. The number of hydrogen-bond donors (Lipinski definition) is 1. The fourth-order valence-corrected chi connectivity index (χ4v) is 1.75. The molecule has 1 aromatic heterocycles. The minimum Gasteiger partial charge on any atom is -0.467 e. The predicted octanol–water partition coefficient (Wildman–Crippen LogP) is 4.53. The molecule has 0 saturated carbocycles. The molecule has 1 heterocycles. The highest BCUT2D eigenvalue weighted by Gasteiger charge is 2.30. The second kappa shape index (κ2) is 4.99. The molecule has 0 fully saturated rings. The van der Waals surface area contributed by atoms with Gasteiger partial charge in [0, 0.05) is 5.69 Å². The average molecular weight is 269 g/mol. The molecule has 0 spiro atoms. The third-order valence-electron chi connectivity index (χ3n) is 2.97. The molecule has 0 aliphatic rings. The van der Waals surface area contributed by atoms with Crippen LogP contribution in [0.5, 0.6) is 0 Å². The summed E-state index contributed by atoms with van der Waals surface area (Å²) in [5.74, 6) is 0.719. The molecule has 0 amide bonds. The van der Waals surface area contributed by atoms with Crippen LogP contribution in [0.2, 0.25) is 0 Å². The quantitative estimate of drug-likeness (QED) is 0.885. The minimum atomic E-state index is -4.33. The van der Waals surface area contributed by atoms with Crippen LogP contribution in [0.15, 0.2) is 34.9 Å². The van der Waals surface area contributed by atoms with Gasteiger partial charge in [0.25, 0.3) is 0 Å². The summed E-state index contributed by atoms with van der Waals surface area (Å²) in [6.45, 7) is 4.01. The normalized spacial score (nSPS) is 11.6. The summed E-state index contributed by atoms with van der Waals surface area (Å²) in [5.41, 5.74) is 1.54. The Morgan fingerprint density at radius 2 is 1.84 bits per heavy atom. The molecule has 1 aromatic carbocycles. The van der Waals surface area contributed by atoms with Crippen LogP contribution in [-0.4, -0.2) is 0 Å². The van der Waals surface area contributed by atoms with Crippen LogP contribution >= 0.6 is 0 Å². The van der Waals surface area contributed by atoms with Crippen LogP contribution < -0.4 is 5.32 Å². The second-order valence-corrected chi connectivity index (χ2v) is 4.41. The Hall–Kier alpha value is -1.91. The van der Waals surface area contributed by atoms with Gasteiger partial charge in [0.2, 0.25) is 0 Å². The number of alkyl halides is 3. The third-order valence-corrected chi connectivity index (χ3v) is 2.97. The SMILES string of the molecule is Cc1ccc(C(F)(F)F)cc1NCc1occc1C. The van der Waals surface area contributed by atoms with Gasteiger partial charge in [-0.2, -0.15) is 13.2 Å². The molecule has 2 nitrogen and oxygen atoms in total. The van der Waals surface area contributed by atoms with Crippen LogP contribution in [0, 0.1) is 13.8 Å². The van der Waals surface area contributed by atoms with E-state index in [9.17, 15) is 13.2 Å². The van der Waals surface area contributed by atoms with E-state index < -0.39 is 11.7 Å². The first kappa shape index (κ1) is 13.5. The molecular formula is C14H14F3NO. The molecule has 0 aliphatic heterocycles. The van der Waals surface area contributed by atoms with E-state index in [0.717, 1.165) is 29.0 Å². The molecule has 0 unspecified atom stereocenters. The van der Waals surface area contributed by atoms with Crippen molar-refractivity contribution < 1.29 is 17.6 Å². The van der Waals surface area contributed by atoms with Crippen molar-refractivity contribution in [2.45, 2.75) is 26.6 Å². The summed E-state index contributed by atoms with van der Waals surface area (Å²) in [6, 6.07) is 5.47. The van der Waals surface area contributed by atoms with Crippen molar-refractivity contribution >= 4 is 5.69 Å². The molecular weight excluding hydrogens is 255 g/mol. The Morgan fingerprint density at radius 3 is 2.42 bits per heavy atom. The molecule has 0 aliphatic carbocycles. The van der Waals surface area contributed by atoms with E-state index in [2.05, 4.69) is 5.32 Å². The van der Waals surface area contributed by atoms with E-state index >= 15 is 0 Å². The largest absolute Gasteiger partial charge is 0.467 e. The lowest BCUT2D eigenvalue weighted by atomic mass is 10.1.